The molecule has 0 unspecified atom stereocenters. The van der Waals surface area contributed by atoms with Crippen molar-refractivity contribution < 1.29 is 27.2 Å². The second-order valence-electron chi connectivity index (χ2n) is 4.71. The molecule has 0 spiro atoms. The minimum Gasteiger partial charge on any atom is -0.366 e. The van der Waals surface area contributed by atoms with Crippen LogP contribution in [0, 0.1) is 5.82 Å². The third-order valence-corrected chi connectivity index (χ3v) is 3.69. The highest BCUT2D eigenvalue weighted by Gasteiger charge is 2.31. The molecule has 0 atom stereocenters. The maximum atomic E-state index is 13.4. The van der Waals surface area contributed by atoms with Gasteiger partial charge in [-0.25, -0.2) is 4.39 Å². The number of rotatable bonds is 3. The number of benzene rings is 2. The predicted molar refractivity (Wildman–Crippen MR) is 82.0 cm³/mol. The maximum Gasteiger partial charge on any atom is 0.416 e. The summed E-state index contributed by atoms with van der Waals surface area (Å²) in [6, 6.07) is 5.71. The van der Waals surface area contributed by atoms with Crippen LogP contribution < -0.4 is 11.1 Å². The van der Waals surface area contributed by atoms with Gasteiger partial charge in [-0.15, -0.1) is 0 Å². The molecule has 0 aliphatic rings. The molecule has 2 amide bonds. The van der Waals surface area contributed by atoms with Crippen LogP contribution >= 0.6 is 15.9 Å². The van der Waals surface area contributed by atoms with E-state index >= 15 is 0 Å². The molecule has 0 aliphatic heterocycles. The molecule has 4 nitrogen and oxygen atoms in total. The molecule has 0 heterocycles. The Bertz CT molecular complexity index is 822. The zero-order valence-electron chi connectivity index (χ0n) is 11.7. The molecule has 2 aromatic rings. The van der Waals surface area contributed by atoms with Gasteiger partial charge in [-0.2, -0.15) is 13.2 Å². The summed E-state index contributed by atoms with van der Waals surface area (Å²) in [6.07, 6.45) is -4.54. The van der Waals surface area contributed by atoms with Crippen molar-refractivity contribution in [3.8, 4) is 0 Å². The van der Waals surface area contributed by atoms with Crippen LogP contribution in [0.4, 0.5) is 23.2 Å². The fourth-order valence-corrected chi connectivity index (χ4v) is 2.42. The van der Waals surface area contributed by atoms with E-state index < -0.39 is 34.9 Å². The number of anilines is 1. The zero-order chi connectivity index (χ0) is 18.1. The molecule has 0 saturated heterocycles. The summed E-state index contributed by atoms with van der Waals surface area (Å²) in [7, 11) is 0. The lowest BCUT2D eigenvalue weighted by molar-refractivity contribution is -0.137. The van der Waals surface area contributed by atoms with E-state index in [1.807, 2.05) is 0 Å². The van der Waals surface area contributed by atoms with Crippen LogP contribution in [0.1, 0.15) is 26.3 Å². The van der Waals surface area contributed by atoms with Crippen molar-refractivity contribution in [2.75, 3.05) is 5.32 Å². The van der Waals surface area contributed by atoms with Crippen molar-refractivity contribution >= 4 is 33.4 Å². The Morgan fingerprint density at radius 2 is 1.71 bits per heavy atom. The predicted octanol–water partition coefficient (Wildman–Crippen LogP) is 3.96. The Labute approximate surface area is 141 Å². The van der Waals surface area contributed by atoms with E-state index in [0.717, 1.165) is 30.3 Å². The molecule has 0 aliphatic carbocycles. The molecule has 2 rings (SSSR count). The van der Waals surface area contributed by atoms with E-state index in [9.17, 15) is 27.2 Å². The minimum atomic E-state index is -4.54. The number of nitrogens with one attached hydrogen (secondary N) is 1. The summed E-state index contributed by atoms with van der Waals surface area (Å²) >= 11 is 2.91. The number of carbonyl (C=O) groups is 2. The van der Waals surface area contributed by atoms with Crippen LogP contribution in [0.5, 0.6) is 0 Å². The van der Waals surface area contributed by atoms with Crippen LogP contribution in [0.25, 0.3) is 0 Å². The highest BCUT2D eigenvalue weighted by molar-refractivity contribution is 9.10. The fourth-order valence-electron chi connectivity index (χ4n) is 1.87. The van der Waals surface area contributed by atoms with E-state index in [0.29, 0.717) is 0 Å². The van der Waals surface area contributed by atoms with Gasteiger partial charge in [-0.1, -0.05) is 0 Å². The van der Waals surface area contributed by atoms with Crippen molar-refractivity contribution in [1.82, 2.24) is 0 Å². The average molecular weight is 405 g/mol. The summed E-state index contributed by atoms with van der Waals surface area (Å²) < 4.78 is 51.1. The normalized spacial score (nSPS) is 11.2. The summed E-state index contributed by atoms with van der Waals surface area (Å²) in [5.41, 5.74) is 3.68. The first-order chi connectivity index (χ1) is 11.1. The van der Waals surface area contributed by atoms with Gasteiger partial charge in [0.2, 0.25) is 0 Å². The molecule has 0 radical (unpaired) electrons. The largest absolute Gasteiger partial charge is 0.416 e. The first-order valence-corrected chi connectivity index (χ1v) is 7.16. The van der Waals surface area contributed by atoms with Crippen LogP contribution in [-0.2, 0) is 6.18 Å². The van der Waals surface area contributed by atoms with Crippen molar-refractivity contribution in [1.29, 1.82) is 0 Å². The Morgan fingerprint density at radius 1 is 1.04 bits per heavy atom. The summed E-state index contributed by atoms with van der Waals surface area (Å²) in [6.45, 7) is 0. The van der Waals surface area contributed by atoms with Gasteiger partial charge in [0.1, 0.15) is 5.82 Å². The quantitative estimate of drug-likeness (QED) is 0.760. The molecule has 2 aromatic carbocycles. The Hall–Kier alpha value is -2.42. The minimum absolute atomic E-state index is 0.0621. The number of nitrogens with two attached hydrogens (primary N) is 1. The van der Waals surface area contributed by atoms with Gasteiger partial charge < -0.3 is 11.1 Å². The Morgan fingerprint density at radius 3 is 2.25 bits per heavy atom. The van der Waals surface area contributed by atoms with Gasteiger partial charge in [-0.3, -0.25) is 9.59 Å². The lowest BCUT2D eigenvalue weighted by Crippen LogP contribution is -2.16. The highest BCUT2D eigenvalue weighted by atomic mass is 79.9. The molecule has 3 N–H and O–H groups in total. The van der Waals surface area contributed by atoms with Crippen LogP contribution in [0.3, 0.4) is 0 Å². The number of amides is 2. The van der Waals surface area contributed by atoms with E-state index in [1.54, 1.807) is 0 Å². The van der Waals surface area contributed by atoms with Crippen LogP contribution in [0.15, 0.2) is 40.9 Å². The number of hydrogen-bond donors (Lipinski definition) is 2. The summed E-state index contributed by atoms with van der Waals surface area (Å²) in [5.74, 6) is -2.60. The van der Waals surface area contributed by atoms with Gasteiger partial charge in [0.05, 0.1) is 16.7 Å². The highest BCUT2D eigenvalue weighted by Crippen LogP contribution is 2.32. The lowest BCUT2D eigenvalue weighted by atomic mass is 10.1. The molecular weight excluding hydrogens is 396 g/mol. The number of hydrogen-bond acceptors (Lipinski definition) is 2. The Balaban J connectivity index is 2.28. The molecule has 126 valence electrons. The summed E-state index contributed by atoms with van der Waals surface area (Å²) in [4.78, 5) is 23.2. The van der Waals surface area contributed by atoms with Gasteiger partial charge in [-0.05, 0) is 52.3 Å². The molecule has 24 heavy (non-hydrogen) atoms. The van der Waals surface area contributed by atoms with Crippen molar-refractivity contribution in [3.05, 3.63) is 63.4 Å². The standard InChI is InChI=1S/C15H9BrF4N2O2/c16-11-5-7(15(18,19)20)1-3-9(11)14(24)22-8-2-4-12(17)10(6-8)13(21)23/h1-6H,(H2,21,23)(H,22,24). The topological polar surface area (TPSA) is 72.2 Å². The van der Waals surface area contributed by atoms with Crippen molar-refractivity contribution in [3.63, 3.8) is 0 Å². The number of halogens is 5. The molecule has 0 bridgehead atoms. The third-order valence-electron chi connectivity index (χ3n) is 3.03. The third kappa shape index (κ3) is 3.91. The van der Waals surface area contributed by atoms with E-state index in [4.69, 9.17) is 5.73 Å². The smallest absolute Gasteiger partial charge is 0.366 e. The van der Waals surface area contributed by atoms with E-state index in [-0.39, 0.29) is 15.7 Å². The number of primary amides is 1. The maximum absolute atomic E-state index is 13.4. The molecule has 0 aromatic heterocycles. The lowest BCUT2D eigenvalue weighted by Gasteiger charge is -2.11. The molecule has 0 fully saturated rings. The van der Waals surface area contributed by atoms with Crippen LogP contribution in [0.2, 0.25) is 0 Å². The van der Waals surface area contributed by atoms with Crippen molar-refractivity contribution in [2.45, 2.75) is 6.18 Å². The van der Waals surface area contributed by atoms with Gasteiger partial charge in [0.15, 0.2) is 0 Å². The monoisotopic (exact) mass is 404 g/mol. The van der Waals surface area contributed by atoms with E-state index in [2.05, 4.69) is 21.2 Å². The first-order valence-electron chi connectivity index (χ1n) is 6.37. The summed E-state index contributed by atoms with van der Waals surface area (Å²) in [5, 5.41) is 2.36. The van der Waals surface area contributed by atoms with Crippen LogP contribution in [-0.4, -0.2) is 11.8 Å². The van der Waals surface area contributed by atoms with Gasteiger partial charge >= 0.3 is 6.18 Å². The van der Waals surface area contributed by atoms with E-state index in [1.165, 1.54) is 6.07 Å². The number of carbonyl (C=O) groups excluding carboxylic acids is 2. The molecular formula is C15H9BrF4N2O2. The SMILES string of the molecule is NC(=O)c1cc(NC(=O)c2ccc(C(F)(F)F)cc2Br)ccc1F. The fraction of sp³-hybridized carbons (Fsp3) is 0.0667. The first kappa shape index (κ1) is 17.9. The van der Waals surface area contributed by atoms with Gasteiger partial charge in [0, 0.05) is 10.2 Å². The zero-order valence-corrected chi connectivity index (χ0v) is 13.3. The molecule has 0 saturated carbocycles. The average Bonchev–Trinajstić information content (AvgIpc) is 2.47. The number of alkyl halides is 3. The molecule has 9 heteroatoms. The van der Waals surface area contributed by atoms with Crippen molar-refractivity contribution in [2.24, 2.45) is 5.73 Å². The second kappa shape index (κ2) is 6.60. The second-order valence-corrected chi connectivity index (χ2v) is 5.56. The Kier molecular flexibility index (Phi) is 4.93. The van der Waals surface area contributed by atoms with Gasteiger partial charge in [0.25, 0.3) is 11.8 Å².